The summed E-state index contributed by atoms with van der Waals surface area (Å²) in [5.74, 6) is 1.86. The van der Waals surface area contributed by atoms with E-state index < -0.39 is 12.2 Å². The molecule has 4 aromatic carbocycles. The van der Waals surface area contributed by atoms with Crippen molar-refractivity contribution in [3.05, 3.63) is 115 Å². The van der Waals surface area contributed by atoms with Gasteiger partial charge in [-0.05, 0) is 88.4 Å². The van der Waals surface area contributed by atoms with E-state index in [0.717, 1.165) is 66.8 Å². The van der Waals surface area contributed by atoms with Crippen LogP contribution in [0.25, 0.3) is 0 Å². The van der Waals surface area contributed by atoms with E-state index in [1.54, 1.807) is 0 Å². The fraction of sp³-hybridized carbons (Fsp3) is 0.625. The zero-order valence-corrected chi connectivity index (χ0v) is 48.7. The second-order valence-corrected chi connectivity index (χ2v) is 25.1. The number of fused-ring (bicyclic) bond motifs is 8. The van der Waals surface area contributed by atoms with Crippen LogP contribution in [-0.4, -0.2) is 141 Å². The third-order valence-electron chi connectivity index (χ3n) is 14.5. The predicted molar refractivity (Wildman–Crippen MR) is 301 cm³/mol. The van der Waals surface area contributed by atoms with Gasteiger partial charge >= 0.3 is 0 Å². The highest BCUT2D eigenvalue weighted by Crippen LogP contribution is 2.44. The van der Waals surface area contributed by atoms with Crippen molar-refractivity contribution in [3.8, 4) is 23.0 Å². The van der Waals surface area contributed by atoms with Gasteiger partial charge in [0.05, 0.1) is 106 Å². The molecule has 426 valence electrons. The molecule has 2 saturated heterocycles. The first-order valence-corrected chi connectivity index (χ1v) is 28.1. The maximum absolute atomic E-state index is 12.9. The molecule has 0 spiro atoms. The molecule has 3 aliphatic rings. The maximum Gasteiger partial charge on any atom is 0.126 e. The van der Waals surface area contributed by atoms with E-state index >= 15 is 0 Å². The topological polar surface area (TPSA) is 142 Å². The zero-order valence-electron chi connectivity index (χ0n) is 48.7. The molecule has 2 N–H and O–H groups in total. The molecule has 2 atom stereocenters. The minimum absolute atomic E-state index is 0.186. The van der Waals surface area contributed by atoms with Crippen molar-refractivity contribution in [2.24, 2.45) is 0 Å². The Balaban J connectivity index is 1.42. The van der Waals surface area contributed by atoms with E-state index in [2.05, 4.69) is 132 Å². The zero-order chi connectivity index (χ0) is 55.4. The second-order valence-electron chi connectivity index (χ2n) is 25.1. The minimum Gasteiger partial charge on any atom is -0.507 e. The molecule has 77 heavy (non-hydrogen) atoms. The number of ether oxygens (including phenoxy) is 11. The predicted octanol–water partition coefficient (Wildman–Crippen LogP) is 10.6. The van der Waals surface area contributed by atoms with Gasteiger partial charge in [-0.2, -0.15) is 0 Å². The second kappa shape index (κ2) is 27.3. The van der Waals surface area contributed by atoms with Gasteiger partial charge in [0.15, 0.2) is 0 Å². The third-order valence-corrected chi connectivity index (χ3v) is 14.5. The number of aromatic hydroxyl groups is 2. The largest absolute Gasteiger partial charge is 0.507 e. The summed E-state index contributed by atoms with van der Waals surface area (Å²) in [4.78, 5) is 0. The van der Waals surface area contributed by atoms with Crippen molar-refractivity contribution in [2.75, 3.05) is 119 Å². The highest BCUT2D eigenvalue weighted by atomic mass is 16.6. The van der Waals surface area contributed by atoms with Gasteiger partial charge in [0, 0.05) is 25.7 Å². The lowest BCUT2D eigenvalue weighted by atomic mass is 9.79. The van der Waals surface area contributed by atoms with Crippen LogP contribution in [0.3, 0.4) is 0 Å². The Bertz CT molecular complexity index is 2380. The number of rotatable bonds is 6. The smallest absolute Gasteiger partial charge is 0.126 e. The molecule has 1 aliphatic carbocycles. The van der Waals surface area contributed by atoms with Crippen LogP contribution < -0.4 is 9.47 Å². The lowest BCUT2D eigenvalue weighted by Crippen LogP contribution is -2.30. The van der Waals surface area contributed by atoms with Crippen LogP contribution in [0, 0.1) is 0 Å². The van der Waals surface area contributed by atoms with E-state index in [9.17, 15) is 10.2 Å². The van der Waals surface area contributed by atoms with Gasteiger partial charge in [-0.25, -0.2) is 0 Å². The maximum atomic E-state index is 12.9. The summed E-state index contributed by atoms with van der Waals surface area (Å²) in [6.07, 6.45) is 0.651. The quantitative estimate of drug-likeness (QED) is 0.167. The lowest BCUT2D eigenvalue weighted by molar-refractivity contribution is -0.0774. The Labute approximate surface area is 460 Å². The number of benzene rings is 4. The van der Waals surface area contributed by atoms with Gasteiger partial charge in [0.25, 0.3) is 0 Å². The first-order chi connectivity index (χ1) is 36.5. The molecular weight excluding hydrogens is 977 g/mol. The van der Waals surface area contributed by atoms with Crippen LogP contribution >= 0.6 is 0 Å². The van der Waals surface area contributed by atoms with E-state index in [-0.39, 0.29) is 53.0 Å². The fourth-order valence-corrected chi connectivity index (χ4v) is 9.73. The van der Waals surface area contributed by atoms with Crippen molar-refractivity contribution in [1.82, 2.24) is 0 Å². The number of hydrogen-bond donors (Lipinski definition) is 2. The average Bonchev–Trinajstić information content (AvgIpc) is 3.35. The molecule has 2 unspecified atom stereocenters. The van der Waals surface area contributed by atoms with Gasteiger partial charge in [-0.15, -0.1) is 0 Å². The summed E-state index contributed by atoms with van der Waals surface area (Å²) < 4.78 is 67.9. The van der Waals surface area contributed by atoms with Crippen molar-refractivity contribution >= 4 is 0 Å². The van der Waals surface area contributed by atoms with Crippen molar-refractivity contribution in [1.29, 1.82) is 0 Å². The number of phenols is 2. The van der Waals surface area contributed by atoms with Crippen molar-refractivity contribution in [2.45, 2.75) is 143 Å². The average molecular weight is 1070 g/mol. The number of phenolic OH excluding ortho intramolecular Hbond substituents is 2. The van der Waals surface area contributed by atoms with Crippen LogP contribution in [0.2, 0.25) is 0 Å². The Morgan fingerprint density at radius 2 is 0.558 bits per heavy atom. The van der Waals surface area contributed by atoms with E-state index in [1.807, 2.05) is 0 Å². The molecule has 0 amide bonds. The Kier molecular flexibility index (Phi) is 21.4. The van der Waals surface area contributed by atoms with Gasteiger partial charge in [-0.3, -0.25) is 0 Å². The molecule has 0 radical (unpaired) electrons. The van der Waals surface area contributed by atoms with E-state index in [4.69, 9.17) is 52.1 Å². The first kappa shape index (κ1) is 60.4. The summed E-state index contributed by atoms with van der Waals surface area (Å²) in [6.45, 7) is 33.8. The van der Waals surface area contributed by atoms with Crippen LogP contribution in [-0.2, 0) is 90.0 Å². The van der Waals surface area contributed by atoms with Crippen LogP contribution in [0.4, 0.5) is 0 Å². The lowest BCUT2D eigenvalue weighted by Gasteiger charge is -2.29. The molecule has 2 heterocycles. The van der Waals surface area contributed by atoms with Gasteiger partial charge in [-0.1, -0.05) is 132 Å². The molecule has 8 bridgehead atoms. The summed E-state index contributed by atoms with van der Waals surface area (Å²) in [7, 11) is 0. The molecule has 4 aromatic rings. The molecule has 13 heteroatoms. The standard InChI is InChI=1S/C64H92O13/c1-61(2,3)51-31-43-27-47-35-53(63(7,8)9)36-48(59(47)76-41-55-39-72-21-19-68-14-13-67-15-17-70-23-25-74-55)28-44-32-52(62(4,5)6)34-46(58(44)66)30-50-38-54(64(10,11)12)37-49(29-45(33-51)57(43)65)60(50)77-42-56-40-73-22-20-69-16-18-71-24-26-75-56/h31-38,55-56,65-66H,13-30,39-42H2,1-12H3. The third kappa shape index (κ3) is 17.6. The normalized spacial score (nSPS) is 19.9. The molecule has 2 aliphatic heterocycles. The molecule has 2 fully saturated rings. The van der Waals surface area contributed by atoms with Crippen molar-refractivity contribution < 1.29 is 62.3 Å². The minimum atomic E-state index is -0.435. The molecule has 0 aromatic heterocycles. The van der Waals surface area contributed by atoms with Crippen molar-refractivity contribution in [3.63, 3.8) is 0 Å². The summed E-state index contributed by atoms with van der Waals surface area (Å²) in [5, 5.41) is 25.8. The van der Waals surface area contributed by atoms with Crippen LogP contribution in [0.15, 0.2) is 48.5 Å². The highest BCUT2D eigenvalue weighted by Gasteiger charge is 2.30. The molecule has 7 rings (SSSR count). The van der Waals surface area contributed by atoms with Crippen LogP contribution in [0.5, 0.6) is 23.0 Å². The number of hydrogen-bond acceptors (Lipinski definition) is 13. The molecular formula is C64H92O13. The Morgan fingerprint density at radius 1 is 0.338 bits per heavy atom. The van der Waals surface area contributed by atoms with Gasteiger partial charge in [0.1, 0.15) is 48.4 Å². The first-order valence-electron chi connectivity index (χ1n) is 28.1. The van der Waals surface area contributed by atoms with Crippen LogP contribution in [0.1, 0.15) is 150 Å². The SMILES string of the molecule is CC(C)(C)c1cc2c(O)c(c1)Cc1cc(C(C)(C)C)cc(c1OCC1COCCOCCOCCO1)Cc1cc(C(C)(C)C)cc(c1O)Cc1cc(C(C)(C)C)cc(c1OCC1COCCOCCOCCOCCO1)C2. The monoisotopic (exact) mass is 1070 g/mol. The van der Waals surface area contributed by atoms with E-state index in [0.29, 0.717) is 136 Å². The molecule has 13 nitrogen and oxygen atoms in total. The Hall–Kier alpha value is -4.28. The molecule has 0 saturated carbocycles. The van der Waals surface area contributed by atoms with Gasteiger partial charge < -0.3 is 62.3 Å². The van der Waals surface area contributed by atoms with E-state index in [1.165, 1.54) is 0 Å². The fourth-order valence-electron chi connectivity index (χ4n) is 9.73. The highest BCUT2D eigenvalue weighted by molar-refractivity contribution is 5.59. The summed E-state index contributed by atoms with van der Waals surface area (Å²) in [6, 6.07) is 17.6. The summed E-state index contributed by atoms with van der Waals surface area (Å²) >= 11 is 0. The van der Waals surface area contributed by atoms with Gasteiger partial charge in [0.2, 0.25) is 0 Å². The Morgan fingerprint density at radius 3 is 0.805 bits per heavy atom. The summed E-state index contributed by atoms with van der Waals surface area (Å²) in [5.41, 5.74) is 10.3.